The Kier molecular flexibility index (Phi) is 7.55. The Morgan fingerprint density at radius 3 is 2.43 bits per heavy atom. The van der Waals surface area contributed by atoms with Gasteiger partial charge in [0.15, 0.2) is 11.5 Å². The first-order chi connectivity index (χ1) is 10.1. The number of esters is 1. The van der Waals surface area contributed by atoms with Gasteiger partial charge in [-0.15, -0.1) is 5.10 Å². The number of hydrogen-bond acceptors (Lipinski definition) is 7. The molecule has 0 bridgehead atoms. The Hall–Kier alpha value is -1.80. The Morgan fingerprint density at radius 2 is 1.81 bits per heavy atom. The van der Waals surface area contributed by atoms with E-state index in [0.717, 1.165) is 0 Å². The SMILES string of the molecule is CCOCCOCCOC(=O)Cn1nnc(C(C)=O)c1C. The van der Waals surface area contributed by atoms with Crippen molar-refractivity contribution in [2.45, 2.75) is 27.3 Å². The second-order valence-electron chi connectivity index (χ2n) is 4.27. The van der Waals surface area contributed by atoms with Crippen molar-refractivity contribution >= 4 is 11.8 Å². The number of rotatable bonds is 10. The van der Waals surface area contributed by atoms with Gasteiger partial charge >= 0.3 is 5.97 Å². The topological polar surface area (TPSA) is 92.5 Å². The minimum absolute atomic E-state index is 0.0783. The summed E-state index contributed by atoms with van der Waals surface area (Å²) in [6.07, 6.45) is 0. The molecule has 118 valence electrons. The quantitative estimate of drug-likeness (QED) is 0.350. The van der Waals surface area contributed by atoms with Crippen LogP contribution in [0, 0.1) is 6.92 Å². The molecule has 1 rings (SSSR count). The molecule has 0 atom stereocenters. The second-order valence-corrected chi connectivity index (χ2v) is 4.27. The molecule has 0 unspecified atom stereocenters. The first-order valence-corrected chi connectivity index (χ1v) is 6.78. The van der Waals surface area contributed by atoms with Gasteiger partial charge in [0.1, 0.15) is 13.2 Å². The van der Waals surface area contributed by atoms with Crippen LogP contribution in [0.1, 0.15) is 30.0 Å². The van der Waals surface area contributed by atoms with Crippen molar-refractivity contribution in [1.82, 2.24) is 15.0 Å². The molecule has 0 fully saturated rings. The molecule has 0 aliphatic rings. The van der Waals surface area contributed by atoms with Crippen LogP contribution in [0.25, 0.3) is 0 Å². The van der Waals surface area contributed by atoms with Crippen LogP contribution in [0.15, 0.2) is 0 Å². The molecule has 0 aliphatic carbocycles. The number of nitrogens with zero attached hydrogens (tertiary/aromatic N) is 3. The first-order valence-electron chi connectivity index (χ1n) is 6.78. The van der Waals surface area contributed by atoms with Crippen molar-refractivity contribution in [3.05, 3.63) is 11.4 Å². The van der Waals surface area contributed by atoms with E-state index in [1.807, 2.05) is 6.92 Å². The lowest BCUT2D eigenvalue weighted by molar-refractivity contribution is -0.146. The normalized spacial score (nSPS) is 10.6. The summed E-state index contributed by atoms with van der Waals surface area (Å²) in [5, 5.41) is 7.48. The van der Waals surface area contributed by atoms with Crippen LogP contribution in [0.2, 0.25) is 0 Å². The Bertz CT molecular complexity index is 472. The highest BCUT2D eigenvalue weighted by atomic mass is 16.6. The maximum Gasteiger partial charge on any atom is 0.327 e. The third-order valence-electron chi connectivity index (χ3n) is 2.66. The molecule has 0 amide bonds. The number of carbonyl (C=O) groups is 2. The summed E-state index contributed by atoms with van der Waals surface area (Å²) in [6, 6.07) is 0. The van der Waals surface area contributed by atoms with Crippen LogP contribution in [0.4, 0.5) is 0 Å². The number of Topliss-reactive ketones (excluding diaryl/α,β-unsaturated/α-hetero) is 1. The molecular weight excluding hydrogens is 278 g/mol. The van der Waals surface area contributed by atoms with E-state index in [1.54, 1.807) is 6.92 Å². The lowest BCUT2D eigenvalue weighted by Crippen LogP contribution is -2.18. The molecular formula is C13H21N3O5. The lowest BCUT2D eigenvalue weighted by Gasteiger charge is -2.07. The molecule has 8 heteroatoms. The number of ketones is 1. The Labute approximate surface area is 123 Å². The van der Waals surface area contributed by atoms with Gasteiger partial charge in [0.05, 0.1) is 25.5 Å². The van der Waals surface area contributed by atoms with E-state index in [1.165, 1.54) is 11.6 Å². The van der Waals surface area contributed by atoms with Crippen LogP contribution in [-0.2, 0) is 25.5 Å². The fourth-order valence-electron chi connectivity index (χ4n) is 1.58. The van der Waals surface area contributed by atoms with Gasteiger partial charge in [-0.1, -0.05) is 5.21 Å². The maximum absolute atomic E-state index is 11.6. The molecule has 0 aromatic carbocycles. The van der Waals surface area contributed by atoms with Gasteiger partial charge < -0.3 is 14.2 Å². The summed E-state index contributed by atoms with van der Waals surface area (Å²) in [7, 11) is 0. The summed E-state index contributed by atoms with van der Waals surface area (Å²) < 4.78 is 16.7. The van der Waals surface area contributed by atoms with Crippen molar-refractivity contribution in [2.24, 2.45) is 0 Å². The molecule has 1 aromatic rings. The molecule has 0 N–H and O–H groups in total. The Balaban J connectivity index is 2.23. The van der Waals surface area contributed by atoms with E-state index in [9.17, 15) is 9.59 Å². The highest BCUT2D eigenvalue weighted by Gasteiger charge is 2.15. The molecule has 0 saturated carbocycles. The zero-order valence-electron chi connectivity index (χ0n) is 12.6. The van der Waals surface area contributed by atoms with Crippen LogP contribution in [0.3, 0.4) is 0 Å². The van der Waals surface area contributed by atoms with Crippen LogP contribution in [0.5, 0.6) is 0 Å². The number of carbonyl (C=O) groups excluding carboxylic acids is 2. The predicted octanol–water partition coefficient (Wildman–Crippen LogP) is 0.385. The van der Waals surface area contributed by atoms with Gasteiger partial charge in [-0.3, -0.25) is 9.59 Å². The van der Waals surface area contributed by atoms with E-state index in [0.29, 0.717) is 32.1 Å². The van der Waals surface area contributed by atoms with E-state index >= 15 is 0 Å². The molecule has 21 heavy (non-hydrogen) atoms. The highest BCUT2D eigenvalue weighted by Crippen LogP contribution is 2.04. The number of hydrogen-bond donors (Lipinski definition) is 0. The van der Waals surface area contributed by atoms with Crippen molar-refractivity contribution < 1.29 is 23.8 Å². The molecule has 0 radical (unpaired) electrons. The summed E-state index contributed by atoms with van der Waals surface area (Å²) in [4.78, 5) is 22.8. The van der Waals surface area contributed by atoms with Gasteiger partial charge in [-0.25, -0.2) is 4.68 Å². The summed E-state index contributed by atoms with van der Waals surface area (Å²) >= 11 is 0. The average molecular weight is 299 g/mol. The van der Waals surface area contributed by atoms with Crippen molar-refractivity contribution in [3.63, 3.8) is 0 Å². The monoisotopic (exact) mass is 299 g/mol. The van der Waals surface area contributed by atoms with Crippen molar-refractivity contribution in [1.29, 1.82) is 0 Å². The summed E-state index contributed by atoms with van der Waals surface area (Å²) in [5.74, 6) is -0.638. The largest absolute Gasteiger partial charge is 0.462 e. The van der Waals surface area contributed by atoms with E-state index in [4.69, 9.17) is 14.2 Å². The minimum atomic E-state index is -0.452. The van der Waals surface area contributed by atoms with Crippen molar-refractivity contribution in [3.8, 4) is 0 Å². The molecule has 8 nitrogen and oxygen atoms in total. The zero-order chi connectivity index (χ0) is 15.7. The zero-order valence-corrected chi connectivity index (χ0v) is 12.6. The molecule has 0 spiro atoms. The number of ether oxygens (including phenoxy) is 3. The highest BCUT2D eigenvalue weighted by molar-refractivity contribution is 5.93. The van der Waals surface area contributed by atoms with Gasteiger partial charge in [0, 0.05) is 13.5 Å². The van der Waals surface area contributed by atoms with E-state index in [2.05, 4.69) is 10.3 Å². The van der Waals surface area contributed by atoms with Gasteiger partial charge in [0.2, 0.25) is 0 Å². The van der Waals surface area contributed by atoms with Gasteiger partial charge in [-0.2, -0.15) is 0 Å². The van der Waals surface area contributed by atoms with Crippen LogP contribution >= 0.6 is 0 Å². The van der Waals surface area contributed by atoms with Crippen molar-refractivity contribution in [2.75, 3.05) is 33.0 Å². The summed E-state index contributed by atoms with van der Waals surface area (Å²) in [6.45, 7) is 7.03. The van der Waals surface area contributed by atoms with E-state index < -0.39 is 5.97 Å². The predicted molar refractivity (Wildman–Crippen MR) is 73.0 cm³/mol. The lowest BCUT2D eigenvalue weighted by atomic mass is 10.2. The van der Waals surface area contributed by atoms with Crippen LogP contribution < -0.4 is 0 Å². The van der Waals surface area contributed by atoms with Crippen LogP contribution in [-0.4, -0.2) is 59.8 Å². The fraction of sp³-hybridized carbons (Fsp3) is 0.692. The first kappa shape index (κ1) is 17.3. The standard InChI is InChI=1S/C13H21N3O5/c1-4-19-5-6-20-7-8-21-12(18)9-16-10(2)13(11(3)17)14-15-16/h4-9H2,1-3H3. The molecule has 0 saturated heterocycles. The second kappa shape index (κ2) is 9.19. The third kappa shape index (κ3) is 6.01. The molecule has 0 aliphatic heterocycles. The maximum atomic E-state index is 11.6. The fourth-order valence-corrected chi connectivity index (χ4v) is 1.58. The summed E-state index contributed by atoms with van der Waals surface area (Å²) in [5.41, 5.74) is 0.814. The smallest absolute Gasteiger partial charge is 0.327 e. The minimum Gasteiger partial charge on any atom is -0.462 e. The average Bonchev–Trinajstić information content (AvgIpc) is 2.79. The van der Waals surface area contributed by atoms with Gasteiger partial charge in [0.25, 0.3) is 0 Å². The van der Waals surface area contributed by atoms with Gasteiger partial charge in [-0.05, 0) is 13.8 Å². The van der Waals surface area contributed by atoms with E-state index in [-0.39, 0.29) is 24.6 Å². The third-order valence-corrected chi connectivity index (χ3v) is 2.66. The molecule has 1 heterocycles. The molecule has 1 aromatic heterocycles. The number of aromatic nitrogens is 3. The Morgan fingerprint density at radius 1 is 1.14 bits per heavy atom.